The Bertz CT molecular complexity index is 843. The minimum absolute atomic E-state index is 0.0136. The standard InChI is InChI=1S/C19H24F3N5O2/c1-3-23-19(24-10-14-15(20)5-4-6-16(14)29-18(21)22)27-7-8-28-17(12-27)13-9-25-26(2)11-13/h4-6,9,11,17-18H,3,7-8,10,12H2,1-2H3,(H,23,24). The first-order valence-corrected chi connectivity index (χ1v) is 9.33. The lowest BCUT2D eigenvalue weighted by Crippen LogP contribution is -2.48. The summed E-state index contributed by atoms with van der Waals surface area (Å²) < 4.78 is 51.4. The van der Waals surface area contributed by atoms with Crippen LogP contribution >= 0.6 is 0 Å². The van der Waals surface area contributed by atoms with Gasteiger partial charge in [-0.2, -0.15) is 13.9 Å². The van der Waals surface area contributed by atoms with Gasteiger partial charge < -0.3 is 19.7 Å². The molecule has 1 aromatic heterocycles. The summed E-state index contributed by atoms with van der Waals surface area (Å²) >= 11 is 0. The predicted molar refractivity (Wildman–Crippen MR) is 101 cm³/mol. The van der Waals surface area contributed by atoms with Crippen molar-refractivity contribution in [3.05, 3.63) is 47.5 Å². The van der Waals surface area contributed by atoms with Crippen LogP contribution in [0.4, 0.5) is 13.2 Å². The second-order valence-corrected chi connectivity index (χ2v) is 6.52. The number of aryl methyl sites for hydroxylation is 1. The summed E-state index contributed by atoms with van der Waals surface area (Å²) in [4.78, 5) is 6.46. The van der Waals surface area contributed by atoms with Gasteiger partial charge >= 0.3 is 6.61 Å². The number of alkyl halides is 2. The highest BCUT2D eigenvalue weighted by Gasteiger charge is 2.25. The van der Waals surface area contributed by atoms with Crippen molar-refractivity contribution >= 4 is 5.96 Å². The zero-order valence-electron chi connectivity index (χ0n) is 16.3. The Morgan fingerprint density at radius 3 is 2.97 bits per heavy atom. The zero-order chi connectivity index (χ0) is 20.8. The van der Waals surface area contributed by atoms with Crippen molar-refractivity contribution in [3.63, 3.8) is 0 Å². The lowest BCUT2D eigenvalue weighted by molar-refractivity contribution is -0.0506. The largest absolute Gasteiger partial charge is 0.434 e. The van der Waals surface area contributed by atoms with Crippen molar-refractivity contribution in [2.24, 2.45) is 12.0 Å². The lowest BCUT2D eigenvalue weighted by atomic mass is 10.1. The van der Waals surface area contributed by atoms with Gasteiger partial charge in [0.25, 0.3) is 0 Å². The number of hydrogen-bond acceptors (Lipinski definition) is 4. The van der Waals surface area contributed by atoms with Crippen LogP contribution in [0.3, 0.4) is 0 Å². The molecule has 1 atom stereocenters. The van der Waals surface area contributed by atoms with E-state index in [4.69, 9.17) is 4.74 Å². The molecule has 0 amide bonds. The molecule has 0 bridgehead atoms. The van der Waals surface area contributed by atoms with Gasteiger partial charge in [-0.25, -0.2) is 9.38 Å². The lowest BCUT2D eigenvalue weighted by Gasteiger charge is -2.34. The number of aliphatic imine (C=N–C) groups is 1. The fourth-order valence-corrected chi connectivity index (χ4v) is 3.13. The molecule has 0 radical (unpaired) electrons. The second-order valence-electron chi connectivity index (χ2n) is 6.52. The van der Waals surface area contributed by atoms with Crippen LogP contribution in [0.25, 0.3) is 0 Å². The van der Waals surface area contributed by atoms with Crippen LogP contribution in [0, 0.1) is 5.82 Å². The fraction of sp³-hybridized carbons (Fsp3) is 0.474. The van der Waals surface area contributed by atoms with Gasteiger partial charge in [0.05, 0.1) is 31.5 Å². The zero-order valence-corrected chi connectivity index (χ0v) is 16.3. The van der Waals surface area contributed by atoms with E-state index < -0.39 is 12.4 Å². The van der Waals surface area contributed by atoms with Gasteiger partial charge in [-0.05, 0) is 19.1 Å². The van der Waals surface area contributed by atoms with Crippen LogP contribution in [-0.2, 0) is 18.3 Å². The molecule has 1 fully saturated rings. The summed E-state index contributed by atoms with van der Waals surface area (Å²) in [5.74, 6) is -0.302. The fourth-order valence-electron chi connectivity index (χ4n) is 3.13. The van der Waals surface area contributed by atoms with E-state index in [1.165, 1.54) is 18.2 Å². The number of ether oxygens (including phenoxy) is 2. The molecule has 7 nitrogen and oxygen atoms in total. The van der Waals surface area contributed by atoms with Gasteiger partial charge in [0.1, 0.15) is 17.7 Å². The first-order valence-electron chi connectivity index (χ1n) is 9.33. The Balaban J connectivity index is 1.78. The third kappa shape index (κ3) is 5.41. The van der Waals surface area contributed by atoms with E-state index in [9.17, 15) is 13.2 Å². The maximum atomic E-state index is 14.2. The number of hydrogen-bond donors (Lipinski definition) is 1. The normalized spacial score (nSPS) is 17.7. The summed E-state index contributed by atoms with van der Waals surface area (Å²) in [6.45, 7) is 0.978. The smallest absolute Gasteiger partial charge is 0.387 e. The summed E-state index contributed by atoms with van der Waals surface area (Å²) in [5, 5.41) is 7.34. The topological polar surface area (TPSA) is 63.9 Å². The molecule has 2 heterocycles. The number of morpholine rings is 1. The molecule has 0 spiro atoms. The molecule has 3 rings (SSSR count). The summed E-state index contributed by atoms with van der Waals surface area (Å²) in [5.41, 5.74) is 0.940. The summed E-state index contributed by atoms with van der Waals surface area (Å²) in [7, 11) is 1.84. The van der Waals surface area contributed by atoms with Gasteiger partial charge in [0.15, 0.2) is 5.96 Å². The molecule has 10 heteroatoms. The SMILES string of the molecule is CCNC(=NCc1c(F)cccc1OC(F)F)N1CCOC(c2cnn(C)c2)C1. The third-order valence-corrected chi connectivity index (χ3v) is 4.48. The van der Waals surface area contributed by atoms with Gasteiger partial charge in [-0.3, -0.25) is 4.68 Å². The maximum absolute atomic E-state index is 14.2. The highest BCUT2D eigenvalue weighted by atomic mass is 19.3. The van der Waals surface area contributed by atoms with Crippen LogP contribution in [0.15, 0.2) is 35.6 Å². The summed E-state index contributed by atoms with van der Waals surface area (Å²) in [6, 6.07) is 3.83. The number of guanidine groups is 1. The number of benzene rings is 1. The molecule has 1 saturated heterocycles. The Morgan fingerprint density at radius 2 is 2.28 bits per heavy atom. The molecule has 1 aliphatic rings. The molecule has 1 aromatic carbocycles. The van der Waals surface area contributed by atoms with E-state index in [0.717, 1.165) is 5.56 Å². The molecular formula is C19H24F3N5O2. The maximum Gasteiger partial charge on any atom is 0.387 e. The van der Waals surface area contributed by atoms with Crippen molar-refractivity contribution in [1.82, 2.24) is 20.0 Å². The third-order valence-electron chi connectivity index (χ3n) is 4.48. The van der Waals surface area contributed by atoms with Crippen molar-refractivity contribution in [2.75, 3.05) is 26.2 Å². The molecule has 0 saturated carbocycles. The highest BCUT2D eigenvalue weighted by molar-refractivity contribution is 5.80. The predicted octanol–water partition coefficient (Wildman–Crippen LogP) is 2.70. The van der Waals surface area contributed by atoms with E-state index in [2.05, 4.69) is 20.1 Å². The molecule has 1 aliphatic heterocycles. The molecule has 2 aromatic rings. The van der Waals surface area contributed by atoms with Crippen LogP contribution in [0.2, 0.25) is 0 Å². The molecule has 29 heavy (non-hydrogen) atoms. The molecule has 0 aliphatic carbocycles. The van der Waals surface area contributed by atoms with Gasteiger partial charge in [0.2, 0.25) is 0 Å². The van der Waals surface area contributed by atoms with E-state index in [-0.39, 0.29) is 24.0 Å². The number of aromatic nitrogens is 2. The minimum atomic E-state index is -3.03. The van der Waals surface area contributed by atoms with Crippen LogP contribution < -0.4 is 10.1 Å². The van der Waals surface area contributed by atoms with E-state index >= 15 is 0 Å². The summed E-state index contributed by atoms with van der Waals surface area (Å²) in [6.07, 6.45) is 3.48. The van der Waals surface area contributed by atoms with Crippen LogP contribution in [0.5, 0.6) is 5.75 Å². The van der Waals surface area contributed by atoms with Crippen LogP contribution in [0.1, 0.15) is 24.2 Å². The van der Waals surface area contributed by atoms with Crippen molar-refractivity contribution in [2.45, 2.75) is 26.2 Å². The minimum Gasteiger partial charge on any atom is -0.434 e. The first kappa shape index (κ1) is 21.0. The molecule has 158 valence electrons. The average Bonchev–Trinajstić information content (AvgIpc) is 3.13. The van der Waals surface area contributed by atoms with Crippen molar-refractivity contribution in [3.8, 4) is 5.75 Å². The van der Waals surface area contributed by atoms with E-state index in [1.807, 2.05) is 25.1 Å². The molecular weight excluding hydrogens is 387 g/mol. The van der Waals surface area contributed by atoms with Gasteiger partial charge in [-0.15, -0.1) is 0 Å². The Labute approximate surface area is 167 Å². The number of nitrogens with zero attached hydrogens (tertiary/aromatic N) is 4. The number of rotatable bonds is 6. The molecule has 1 unspecified atom stereocenters. The Morgan fingerprint density at radius 1 is 1.45 bits per heavy atom. The van der Waals surface area contributed by atoms with E-state index in [0.29, 0.717) is 32.2 Å². The first-order chi connectivity index (χ1) is 14.0. The van der Waals surface area contributed by atoms with Crippen molar-refractivity contribution < 1.29 is 22.6 Å². The average molecular weight is 411 g/mol. The highest BCUT2D eigenvalue weighted by Crippen LogP contribution is 2.25. The monoisotopic (exact) mass is 411 g/mol. The Kier molecular flexibility index (Phi) is 6.97. The van der Waals surface area contributed by atoms with Crippen molar-refractivity contribution in [1.29, 1.82) is 0 Å². The van der Waals surface area contributed by atoms with Crippen LogP contribution in [-0.4, -0.2) is 53.5 Å². The Hall–Kier alpha value is -2.75. The quantitative estimate of drug-likeness (QED) is 0.585. The number of halogens is 3. The number of nitrogens with one attached hydrogen (secondary N) is 1. The molecule has 1 N–H and O–H groups in total. The van der Waals surface area contributed by atoms with Gasteiger partial charge in [-0.1, -0.05) is 6.07 Å². The van der Waals surface area contributed by atoms with Gasteiger partial charge in [0, 0.05) is 31.9 Å². The van der Waals surface area contributed by atoms with E-state index in [1.54, 1.807) is 10.9 Å². The second kappa shape index (κ2) is 9.64.